The number of piperidine rings is 7. The second kappa shape index (κ2) is 44.3. The molecule has 712 valence electrons. The number of ether oxygens (including phenoxy) is 3. The highest BCUT2D eigenvalue weighted by molar-refractivity contribution is 5.97. The number of carbonyl (C=O) groups is 8. The van der Waals surface area contributed by atoms with Crippen molar-refractivity contribution in [1.29, 1.82) is 5.26 Å². The zero-order valence-electron chi connectivity index (χ0n) is 78.1. The standard InChI is InChI=1S/C26H40N10O4.C26H38N10O3.C21H32N10O2.C13H22N4O2/c1-26(2,3)40-25(39)34-11-8-19(9-12-34)36-16-18(13-29-36)30-23-21(22(27)37)28-14-20(32-23)35-10-6-7-17(15-35)31-24(38)33(4)5;1-26(2,3)39-25(38)34-11-8-20(9-12-34)36-17-19(14-29-36)30-23-21(13-27)28-15-22(32-23)35-10-6-7-18(16-35)31-24(37)33(4)5;1-29(2)21(33)27-14-4-3-9-30(12-14)17-11-24-18(19(22)32)20(28-17)26-15-10-25-31(13-15)16-5-7-23-8-6-16;1-13(2,3)19-12(18)16-6-4-11(5-7-16)17-9-10(14)8-15-17/h13-14,16-17,19H,6-12,15H2,1-5H3,(H2,27,37)(H,30,32)(H,31,38);14-15,17-18,20H,6-12,16H2,1-5H3,(H,30,32)(H,31,37);10-11,13-14,16,23H,3-9,12H2,1-2H3,(H2,22,32)(H,26,28)(H,27,33);8-9,11H,4-7,14H2,1-3H3/t17-;18-;14-;/m111./s1. The lowest BCUT2D eigenvalue weighted by Crippen LogP contribution is -2.50. The highest BCUT2D eigenvalue weighted by Crippen LogP contribution is 2.33. The first kappa shape index (κ1) is 98.3. The SMILES string of the molecule is CC(C)(C)OC(=O)N1CCC(n2cc(N)cn2)CC1.CN(C)C(=O)N[C@@H]1CCCN(c2cnc(C#N)c(Nc3cnn(C4CCN(C(=O)OC(C)(C)C)CC4)c3)n2)C1.CN(C)C(=O)N[C@@H]1CCCN(c2cnc(C(N)=O)c(Nc3cnn(C4CCN(C(=O)OC(C)(C)C)CC4)c3)n2)C1.CN(C)C(=O)N[C@@H]1CCCN(c2cnc(C(N)=O)c(Nc3cnn(C4CCNCC4)c3)n2)C1. The molecule has 3 atom stereocenters. The van der Waals surface area contributed by atoms with Crippen molar-refractivity contribution in [2.75, 3.05) is 170 Å². The van der Waals surface area contributed by atoms with Gasteiger partial charge in [0.05, 0.1) is 90.3 Å². The van der Waals surface area contributed by atoms with E-state index in [1.165, 1.54) is 20.9 Å². The number of likely N-dealkylation sites (tertiary alicyclic amines) is 3. The Kier molecular flexibility index (Phi) is 33.3. The van der Waals surface area contributed by atoms with Gasteiger partial charge in [0.15, 0.2) is 34.5 Å². The van der Waals surface area contributed by atoms with E-state index in [0.29, 0.717) is 117 Å². The molecule has 0 aromatic carbocycles. The van der Waals surface area contributed by atoms with Crippen LogP contribution in [0, 0.1) is 11.3 Å². The van der Waals surface area contributed by atoms with Gasteiger partial charge >= 0.3 is 36.4 Å². The lowest BCUT2D eigenvalue weighted by Gasteiger charge is -2.34. The van der Waals surface area contributed by atoms with E-state index in [-0.39, 0.29) is 89.5 Å². The lowest BCUT2D eigenvalue weighted by molar-refractivity contribution is 0.0174. The first-order chi connectivity index (χ1) is 62.2. The van der Waals surface area contributed by atoms with Gasteiger partial charge in [0.2, 0.25) is 0 Å². The maximum atomic E-state index is 12.4. The molecule has 45 nitrogen and oxygen atoms in total. The van der Waals surface area contributed by atoms with Crippen LogP contribution in [0.1, 0.15) is 203 Å². The first-order valence-corrected chi connectivity index (χ1v) is 44.8. The summed E-state index contributed by atoms with van der Waals surface area (Å²) in [5, 5.41) is 49.3. The largest absolute Gasteiger partial charge is 0.444 e. The van der Waals surface area contributed by atoms with Gasteiger partial charge in [-0.3, -0.25) is 28.3 Å². The zero-order chi connectivity index (χ0) is 94.6. The number of hydrogen-bond donors (Lipinski definition) is 10. The van der Waals surface area contributed by atoms with Crippen LogP contribution in [0.5, 0.6) is 0 Å². The first-order valence-electron chi connectivity index (χ1n) is 44.8. The Bertz CT molecular complexity index is 5050. The minimum absolute atomic E-state index is 0.00229. The summed E-state index contributed by atoms with van der Waals surface area (Å²) < 4.78 is 23.9. The molecule has 13 N–H and O–H groups in total. The predicted molar refractivity (Wildman–Crippen MR) is 493 cm³/mol. The number of nitriles is 1. The highest BCUT2D eigenvalue weighted by Gasteiger charge is 2.35. The van der Waals surface area contributed by atoms with Crippen molar-refractivity contribution in [3.8, 4) is 6.07 Å². The van der Waals surface area contributed by atoms with Gasteiger partial charge in [-0.1, -0.05) is 0 Å². The van der Waals surface area contributed by atoms with Crippen molar-refractivity contribution >= 4 is 106 Å². The number of nitrogens with one attached hydrogen (secondary N) is 7. The van der Waals surface area contributed by atoms with Crippen molar-refractivity contribution in [3.05, 3.63) is 85.2 Å². The van der Waals surface area contributed by atoms with Gasteiger partial charge in [-0.2, -0.15) is 25.7 Å². The van der Waals surface area contributed by atoms with Crippen LogP contribution >= 0.6 is 0 Å². The van der Waals surface area contributed by atoms with E-state index in [2.05, 4.69) is 98.4 Å². The summed E-state index contributed by atoms with van der Waals surface area (Å²) in [4.78, 5) is 140. The summed E-state index contributed by atoms with van der Waals surface area (Å²) in [5.41, 5.74) is 18.3. The minimum Gasteiger partial charge on any atom is -0.444 e. The lowest BCUT2D eigenvalue weighted by atomic mass is 10.1. The molecule has 0 aliphatic carbocycles. The van der Waals surface area contributed by atoms with Crippen LogP contribution < -0.4 is 69.1 Å². The molecule has 0 saturated carbocycles. The molecular weight excluding hydrogens is 1690 g/mol. The highest BCUT2D eigenvalue weighted by atomic mass is 16.6. The van der Waals surface area contributed by atoms with E-state index in [1.54, 1.807) is 94.2 Å². The van der Waals surface area contributed by atoms with Gasteiger partial charge in [-0.15, -0.1) is 0 Å². The van der Waals surface area contributed by atoms with Crippen LogP contribution in [0.4, 0.5) is 86.4 Å². The molecule has 7 saturated heterocycles. The summed E-state index contributed by atoms with van der Waals surface area (Å²) in [5.74, 6) is 1.38. The quantitative estimate of drug-likeness (QED) is 0.0362. The van der Waals surface area contributed by atoms with Gasteiger partial charge in [-0.25, -0.2) is 58.7 Å². The molecule has 7 fully saturated rings. The third kappa shape index (κ3) is 28.8. The molecule has 0 radical (unpaired) electrons. The average Bonchev–Trinajstić information content (AvgIpc) is 1.79. The zero-order valence-corrected chi connectivity index (χ0v) is 78.1. The Hall–Kier alpha value is -13.3. The summed E-state index contributed by atoms with van der Waals surface area (Å²) in [7, 11) is 10.3. The molecule has 11 amide bonds. The molecule has 0 bridgehead atoms. The number of urea groups is 3. The fraction of sp³-hybridized carbons (Fsp3) is 0.616. The molecule has 14 heterocycles. The number of nitrogens with zero attached hydrogens (tertiary/aromatic N) is 24. The Morgan fingerprint density at radius 1 is 0.412 bits per heavy atom. The van der Waals surface area contributed by atoms with Crippen LogP contribution in [0.3, 0.4) is 0 Å². The van der Waals surface area contributed by atoms with Crippen LogP contribution in [0.15, 0.2) is 68.2 Å². The molecule has 7 aromatic rings. The van der Waals surface area contributed by atoms with E-state index in [9.17, 15) is 43.6 Å². The van der Waals surface area contributed by atoms with Crippen LogP contribution in [-0.2, 0) is 14.2 Å². The van der Waals surface area contributed by atoms with E-state index in [1.807, 2.05) is 111 Å². The third-order valence-electron chi connectivity index (χ3n) is 22.7. The molecular formula is C86H132N34O11. The topological polar surface area (TPSA) is 528 Å². The van der Waals surface area contributed by atoms with Gasteiger partial charge < -0.3 is 113 Å². The summed E-state index contributed by atoms with van der Waals surface area (Å²) >= 11 is 0. The molecule has 0 spiro atoms. The Balaban J connectivity index is 0.000000173. The summed E-state index contributed by atoms with van der Waals surface area (Å²) in [6.45, 7) is 26.6. The normalized spacial score (nSPS) is 18.4. The number of carbonyl (C=O) groups excluding carboxylic acids is 8. The third-order valence-corrected chi connectivity index (χ3v) is 22.7. The van der Waals surface area contributed by atoms with E-state index < -0.39 is 28.6 Å². The number of aromatic nitrogens is 14. The summed E-state index contributed by atoms with van der Waals surface area (Å²) in [6.07, 6.45) is 30.2. The second-order valence-corrected chi connectivity index (χ2v) is 37.3. The number of nitrogen functional groups attached to an aromatic ring is 1. The van der Waals surface area contributed by atoms with Crippen molar-refractivity contribution in [2.45, 2.75) is 211 Å². The fourth-order valence-corrected chi connectivity index (χ4v) is 15.9. The Morgan fingerprint density at radius 2 is 0.710 bits per heavy atom. The number of amides is 11. The number of rotatable bonds is 18. The number of nitrogens with two attached hydrogens (primary N) is 3. The van der Waals surface area contributed by atoms with Crippen LogP contribution in [-0.4, -0.2) is 315 Å². The average molecular weight is 1820 g/mol. The number of primary amides is 2. The van der Waals surface area contributed by atoms with E-state index >= 15 is 0 Å². The number of hydrogen-bond acceptors (Lipinski definition) is 30. The molecule has 131 heavy (non-hydrogen) atoms. The molecule has 14 rings (SSSR count). The van der Waals surface area contributed by atoms with Gasteiger partial charge in [-0.05, 0) is 165 Å². The number of anilines is 10. The van der Waals surface area contributed by atoms with Gasteiger partial charge in [0.1, 0.15) is 40.3 Å². The monoisotopic (exact) mass is 1820 g/mol. The summed E-state index contributed by atoms with van der Waals surface area (Å²) in [6, 6.07) is 2.62. The van der Waals surface area contributed by atoms with Crippen molar-refractivity contribution in [2.24, 2.45) is 11.5 Å². The van der Waals surface area contributed by atoms with Gasteiger partial charge in [0.25, 0.3) is 11.8 Å². The van der Waals surface area contributed by atoms with Crippen LogP contribution in [0.2, 0.25) is 0 Å². The smallest absolute Gasteiger partial charge is 0.410 e. The molecule has 45 heteroatoms. The van der Waals surface area contributed by atoms with E-state index in [0.717, 1.165) is 128 Å². The van der Waals surface area contributed by atoms with Gasteiger partial charge in [0, 0.05) is 164 Å². The second-order valence-electron chi connectivity index (χ2n) is 37.3. The Morgan fingerprint density at radius 3 is 1.01 bits per heavy atom. The van der Waals surface area contributed by atoms with Crippen molar-refractivity contribution in [3.63, 3.8) is 0 Å². The van der Waals surface area contributed by atoms with Crippen molar-refractivity contribution in [1.82, 2.24) is 120 Å². The maximum Gasteiger partial charge on any atom is 0.410 e. The van der Waals surface area contributed by atoms with E-state index in [4.69, 9.17) is 36.4 Å². The van der Waals surface area contributed by atoms with Crippen molar-refractivity contribution < 1.29 is 52.6 Å². The predicted octanol–water partition coefficient (Wildman–Crippen LogP) is 8.15. The molecule has 7 aliphatic heterocycles. The maximum absolute atomic E-state index is 12.4. The Labute approximate surface area is 764 Å². The molecule has 7 aromatic heterocycles. The molecule has 0 unspecified atom stereocenters. The fourth-order valence-electron chi connectivity index (χ4n) is 15.9. The van der Waals surface area contributed by atoms with Crippen LogP contribution in [0.25, 0.3) is 0 Å². The minimum atomic E-state index is -0.696. The molecule has 7 aliphatic rings.